The van der Waals surface area contributed by atoms with E-state index in [1.165, 1.54) is 44.5 Å². The maximum absolute atomic E-state index is 8.54. The fourth-order valence-corrected chi connectivity index (χ4v) is 3.20. The maximum Gasteiger partial charge on any atom is 0.119 e. The Bertz CT molecular complexity index is 506. The number of nitrogens with one attached hydrogen (secondary N) is 1. The molecule has 1 saturated heterocycles. The van der Waals surface area contributed by atoms with Gasteiger partial charge in [-0.2, -0.15) is 5.26 Å². The van der Waals surface area contributed by atoms with E-state index < -0.39 is 0 Å². The van der Waals surface area contributed by atoms with Crippen LogP contribution in [0.5, 0.6) is 5.75 Å². The third-order valence-corrected chi connectivity index (χ3v) is 4.44. The highest BCUT2D eigenvalue weighted by molar-refractivity contribution is 5.28. The summed E-state index contributed by atoms with van der Waals surface area (Å²) in [5, 5.41) is 12.1. The van der Waals surface area contributed by atoms with E-state index in [1.807, 2.05) is 12.1 Å². The molecule has 2 rings (SSSR count). The van der Waals surface area contributed by atoms with Crippen LogP contribution in [0.1, 0.15) is 44.6 Å². The fraction of sp³-hybridized carbons (Fsp3) is 0.650. The predicted octanol–water partition coefficient (Wildman–Crippen LogP) is 3.58. The van der Waals surface area contributed by atoms with Crippen LogP contribution in [-0.4, -0.2) is 37.7 Å². The van der Waals surface area contributed by atoms with Crippen molar-refractivity contribution in [3.63, 3.8) is 0 Å². The second-order valence-corrected chi connectivity index (χ2v) is 6.85. The van der Waals surface area contributed by atoms with Gasteiger partial charge in [0.15, 0.2) is 0 Å². The van der Waals surface area contributed by atoms with Crippen LogP contribution < -0.4 is 10.1 Å². The molecular formula is C20H31N3O. The van der Waals surface area contributed by atoms with Crippen LogP contribution in [0, 0.1) is 17.2 Å². The van der Waals surface area contributed by atoms with Crippen molar-refractivity contribution >= 4 is 0 Å². The third kappa shape index (κ3) is 7.33. The van der Waals surface area contributed by atoms with E-state index in [9.17, 15) is 0 Å². The van der Waals surface area contributed by atoms with Crippen molar-refractivity contribution in [1.29, 1.82) is 5.26 Å². The van der Waals surface area contributed by atoms with Gasteiger partial charge in [0.1, 0.15) is 5.75 Å². The zero-order chi connectivity index (χ0) is 17.0. The van der Waals surface area contributed by atoms with Crippen LogP contribution in [0.2, 0.25) is 0 Å². The van der Waals surface area contributed by atoms with E-state index in [0.29, 0.717) is 18.9 Å². The molecule has 1 N–H and O–H groups in total. The number of benzene rings is 1. The number of nitriles is 1. The highest BCUT2D eigenvalue weighted by Gasteiger charge is 2.13. The van der Waals surface area contributed by atoms with Gasteiger partial charge in [0.25, 0.3) is 0 Å². The maximum atomic E-state index is 8.54. The van der Waals surface area contributed by atoms with Gasteiger partial charge in [0.05, 0.1) is 12.7 Å². The Hall–Kier alpha value is -1.57. The molecule has 0 aliphatic carbocycles. The summed E-state index contributed by atoms with van der Waals surface area (Å²) in [7, 11) is 0. The van der Waals surface area contributed by atoms with Crippen LogP contribution in [-0.2, 0) is 6.54 Å². The molecule has 24 heavy (non-hydrogen) atoms. The van der Waals surface area contributed by atoms with E-state index >= 15 is 0 Å². The van der Waals surface area contributed by atoms with Crippen LogP contribution in [0.3, 0.4) is 0 Å². The average Bonchev–Trinajstić information content (AvgIpc) is 2.60. The number of nitrogens with zero attached hydrogens (tertiary/aromatic N) is 2. The second-order valence-electron chi connectivity index (χ2n) is 6.85. The summed E-state index contributed by atoms with van der Waals surface area (Å²) >= 11 is 0. The fourth-order valence-electron chi connectivity index (χ4n) is 3.20. The van der Waals surface area contributed by atoms with Crippen molar-refractivity contribution in [1.82, 2.24) is 10.2 Å². The van der Waals surface area contributed by atoms with Crippen molar-refractivity contribution in [2.75, 3.05) is 32.8 Å². The molecule has 1 aromatic rings. The van der Waals surface area contributed by atoms with Crippen LogP contribution in [0.15, 0.2) is 24.3 Å². The minimum atomic E-state index is 0.552. The molecule has 0 bridgehead atoms. The number of rotatable bonds is 10. The number of hydrogen-bond donors (Lipinski definition) is 1. The Morgan fingerprint density at radius 3 is 2.92 bits per heavy atom. The Balaban J connectivity index is 1.65. The quantitative estimate of drug-likeness (QED) is 0.667. The molecule has 1 unspecified atom stereocenters. The molecule has 1 heterocycles. The van der Waals surface area contributed by atoms with Gasteiger partial charge in [0, 0.05) is 19.5 Å². The number of ether oxygens (including phenoxy) is 1. The highest BCUT2D eigenvalue weighted by atomic mass is 16.5. The van der Waals surface area contributed by atoms with E-state index in [0.717, 1.165) is 25.3 Å². The first-order chi connectivity index (χ1) is 11.8. The molecule has 1 fully saturated rings. The predicted molar refractivity (Wildman–Crippen MR) is 97.9 cm³/mol. The Morgan fingerprint density at radius 2 is 2.12 bits per heavy atom. The monoisotopic (exact) mass is 329 g/mol. The zero-order valence-electron chi connectivity index (χ0n) is 15.0. The van der Waals surface area contributed by atoms with E-state index in [2.05, 4.69) is 35.3 Å². The van der Waals surface area contributed by atoms with Crippen LogP contribution in [0.25, 0.3) is 0 Å². The largest absolute Gasteiger partial charge is 0.494 e. The summed E-state index contributed by atoms with van der Waals surface area (Å²) in [4.78, 5) is 2.60. The lowest BCUT2D eigenvalue weighted by Gasteiger charge is -2.29. The molecule has 1 aliphatic heterocycles. The zero-order valence-corrected chi connectivity index (χ0v) is 15.0. The Labute approximate surface area is 146 Å². The summed E-state index contributed by atoms with van der Waals surface area (Å²) in [6, 6.07) is 10.4. The highest BCUT2D eigenvalue weighted by Crippen LogP contribution is 2.14. The van der Waals surface area contributed by atoms with Gasteiger partial charge >= 0.3 is 0 Å². The lowest BCUT2D eigenvalue weighted by Crippen LogP contribution is -2.36. The lowest BCUT2D eigenvalue weighted by molar-refractivity contribution is 0.199. The number of hydrogen-bond acceptors (Lipinski definition) is 4. The summed E-state index contributed by atoms with van der Waals surface area (Å²) in [5.74, 6) is 1.57. The molecule has 132 valence electrons. The Morgan fingerprint density at radius 1 is 1.29 bits per heavy atom. The first kappa shape index (κ1) is 18.8. The lowest BCUT2D eigenvalue weighted by atomic mass is 10.1. The van der Waals surface area contributed by atoms with Gasteiger partial charge in [-0.3, -0.25) is 0 Å². The summed E-state index contributed by atoms with van der Waals surface area (Å²) in [5.41, 5.74) is 1.25. The first-order valence-corrected chi connectivity index (χ1v) is 9.29. The number of piperidine rings is 1. The molecule has 4 nitrogen and oxygen atoms in total. The molecule has 1 aliphatic rings. The van der Waals surface area contributed by atoms with Gasteiger partial charge in [0.2, 0.25) is 0 Å². The van der Waals surface area contributed by atoms with Crippen LogP contribution in [0.4, 0.5) is 0 Å². The Kier molecular flexibility index (Phi) is 8.65. The number of unbranched alkanes of at least 4 members (excludes halogenated alkanes) is 1. The number of likely N-dealkylation sites (tertiary alicyclic amines) is 1. The molecule has 0 radical (unpaired) electrons. The molecule has 0 aromatic heterocycles. The van der Waals surface area contributed by atoms with Gasteiger partial charge in [-0.05, 0) is 62.5 Å². The topological polar surface area (TPSA) is 48.3 Å². The normalized spacial score (nSPS) is 16.5. The minimum Gasteiger partial charge on any atom is -0.494 e. The second kappa shape index (κ2) is 11.1. The molecule has 0 amide bonds. The summed E-state index contributed by atoms with van der Waals surface area (Å²) in [6.07, 6.45) is 5.46. The van der Waals surface area contributed by atoms with E-state index in [-0.39, 0.29) is 0 Å². The van der Waals surface area contributed by atoms with Crippen LogP contribution >= 0.6 is 0 Å². The van der Waals surface area contributed by atoms with Gasteiger partial charge in [-0.25, -0.2) is 0 Å². The third-order valence-electron chi connectivity index (χ3n) is 4.44. The van der Waals surface area contributed by atoms with Crippen molar-refractivity contribution in [3.05, 3.63) is 29.8 Å². The van der Waals surface area contributed by atoms with Crippen molar-refractivity contribution in [2.24, 2.45) is 5.92 Å². The van der Waals surface area contributed by atoms with Crippen molar-refractivity contribution in [3.8, 4) is 11.8 Å². The molecule has 4 heteroatoms. The average molecular weight is 329 g/mol. The standard InChI is InChI=1S/C20H31N3O/c1-18(17-23-11-4-2-5-12-23)15-22-16-19-8-7-9-20(14-19)24-13-6-3-10-21/h7-9,14,18,22H,2-6,11-13,15-17H2,1H3. The SMILES string of the molecule is CC(CNCc1cccc(OCCCC#N)c1)CN1CCCCC1. The van der Waals surface area contributed by atoms with Crippen molar-refractivity contribution in [2.45, 2.75) is 45.6 Å². The molecular weight excluding hydrogens is 298 g/mol. The summed E-state index contributed by atoms with van der Waals surface area (Å²) < 4.78 is 5.69. The first-order valence-electron chi connectivity index (χ1n) is 9.29. The molecule has 0 spiro atoms. The van der Waals surface area contributed by atoms with Crippen molar-refractivity contribution < 1.29 is 4.74 Å². The van der Waals surface area contributed by atoms with Gasteiger partial charge in [-0.15, -0.1) is 0 Å². The molecule has 0 saturated carbocycles. The minimum absolute atomic E-state index is 0.552. The molecule has 1 aromatic carbocycles. The summed E-state index contributed by atoms with van der Waals surface area (Å²) in [6.45, 7) is 8.61. The van der Waals surface area contributed by atoms with E-state index in [4.69, 9.17) is 10.00 Å². The van der Waals surface area contributed by atoms with Gasteiger partial charge < -0.3 is 15.0 Å². The molecule has 1 atom stereocenters. The smallest absolute Gasteiger partial charge is 0.119 e. The van der Waals surface area contributed by atoms with E-state index in [1.54, 1.807) is 0 Å². The van der Waals surface area contributed by atoms with Gasteiger partial charge in [-0.1, -0.05) is 25.5 Å².